The predicted octanol–water partition coefficient (Wildman–Crippen LogP) is 2.17. The molecule has 0 spiro atoms. The molecule has 2 rings (SSSR count). The third-order valence-electron chi connectivity index (χ3n) is 3.27. The summed E-state index contributed by atoms with van der Waals surface area (Å²) in [4.78, 5) is 4.20. The molecule has 1 aromatic rings. The lowest BCUT2D eigenvalue weighted by molar-refractivity contribution is 0.130. The Bertz CT molecular complexity index is 362. The van der Waals surface area contributed by atoms with Crippen molar-refractivity contribution < 1.29 is 9.84 Å². The molecule has 0 bridgehead atoms. The van der Waals surface area contributed by atoms with Crippen LogP contribution >= 0.6 is 0 Å². The van der Waals surface area contributed by atoms with E-state index in [2.05, 4.69) is 18.8 Å². The maximum atomic E-state index is 10.2. The summed E-state index contributed by atoms with van der Waals surface area (Å²) in [6.45, 7) is 4.33. The maximum Gasteiger partial charge on any atom is 0.143 e. The number of pyridine rings is 1. The molecule has 1 N–H and O–H groups in total. The SMILES string of the molecule is COc1cccnc1C(O)C1CC1(C)C. The summed E-state index contributed by atoms with van der Waals surface area (Å²) in [7, 11) is 1.60. The monoisotopic (exact) mass is 207 g/mol. The Labute approximate surface area is 90.1 Å². The standard InChI is InChI=1S/C12H17NO2/c1-12(2)7-8(12)11(14)10-9(15-3)5-4-6-13-10/h4-6,8,11,14H,7H2,1-3H3. The van der Waals surface area contributed by atoms with Crippen molar-refractivity contribution in [2.45, 2.75) is 26.4 Å². The molecule has 0 aliphatic heterocycles. The van der Waals surface area contributed by atoms with Crippen molar-refractivity contribution in [3.8, 4) is 5.75 Å². The van der Waals surface area contributed by atoms with Crippen molar-refractivity contribution in [3.63, 3.8) is 0 Å². The summed E-state index contributed by atoms with van der Waals surface area (Å²) in [6, 6.07) is 3.65. The van der Waals surface area contributed by atoms with Crippen LogP contribution in [0, 0.1) is 11.3 Å². The molecule has 82 valence electrons. The lowest BCUT2D eigenvalue weighted by Gasteiger charge is -2.14. The number of nitrogens with zero attached hydrogens (tertiary/aromatic N) is 1. The minimum atomic E-state index is -0.504. The van der Waals surface area contributed by atoms with Crippen LogP contribution in [0.4, 0.5) is 0 Å². The number of aromatic nitrogens is 1. The van der Waals surface area contributed by atoms with Gasteiger partial charge in [0.1, 0.15) is 17.5 Å². The largest absolute Gasteiger partial charge is 0.495 e. The number of aliphatic hydroxyl groups is 1. The smallest absolute Gasteiger partial charge is 0.143 e. The Kier molecular flexibility index (Phi) is 2.43. The number of aliphatic hydroxyl groups excluding tert-OH is 1. The van der Waals surface area contributed by atoms with E-state index in [1.165, 1.54) is 0 Å². The molecule has 2 unspecified atom stereocenters. The number of rotatable bonds is 3. The van der Waals surface area contributed by atoms with E-state index in [-0.39, 0.29) is 5.41 Å². The summed E-state index contributed by atoms with van der Waals surface area (Å²) in [5.41, 5.74) is 0.901. The minimum absolute atomic E-state index is 0.238. The van der Waals surface area contributed by atoms with E-state index < -0.39 is 6.10 Å². The average molecular weight is 207 g/mol. The van der Waals surface area contributed by atoms with Crippen LogP contribution in [0.2, 0.25) is 0 Å². The lowest BCUT2D eigenvalue weighted by Crippen LogP contribution is -2.08. The zero-order chi connectivity index (χ0) is 11.1. The fraction of sp³-hybridized carbons (Fsp3) is 0.583. The Morgan fingerprint density at radius 3 is 2.80 bits per heavy atom. The summed E-state index contributed by atoms with van der Waals surface area (Å²) in [5.74, 6) is 0.981. The quantitative estimate of drug-likeness (QED) is 0.826. The van der Waals surface area contributed by atoms with E-state index in [0.29, 0.717) is 17.4 Å². The van der Waals surface area contributed by atoms with Crippen LogP contribution in [0.3, 0.4) is 0 Å². The van der Waals surface area contributed by atoms with Gasteiger partial charge < -0.3 is 9.84 Å². The van der Waals surface area contributed by atoms with Crippen molar-refractivity contribution in [1.82, 2.24) is 4.98 Å². The molecule has 2 atom stereocenters. The van der Waals surface area contributed by atoms with E-state index in [4.69, 9.17) is 4.74 Å². The fourth-order valence-corrected chi connectivity index (χ4v) is 2.03. The van der Waals surface area contributed by atoms with Gasteiger partial charge in [0.15, 0.2) is 0 Å². The van der Waals surface area contributed by atoms with Crippen LogP contribution in [0.1, 0.15) is 32.1 Å². The van der Waals surface area contributed by atoms with E-state index in [1.54, 1.807) is 13.3 Å². The van der Waals surface area contributed by atoms with Gasteiger partial charge in [-0.3, -0.25) is 4.98 Å². The molecule has 1 fully saturated rings. The van der Waals surface area contributed by atoms with Gasteiger partial charge in [-0.05, 0) is 29.9 Å². The van der Waals surface area contributed by atoms with Crippen LogP contribution in [-0.4, -0.2) is 17.2 Å². The number of hydrogen-bond acceptors (Lipinski definition) is 3. The van der Waals surface area contributed by atoms with Crippen LogP contribution in [0.5, 0.6) is 5.75 Å². The molecule has 3 nitrogen and oxygen atoms in total. The van der Waals surface area contributed by atoms with Gasteiger partial charge in [-0.1, -0.05) is 13.8 Å². The Morgan fingerprint density at radius 2 is 2.27 bits per heavy atom. The minimum Gasteiger partial charge on any atom is -0.495 e. The maximum absolute atomic E-state index is 10.2. The van der Waals surface area contributed by atoms with Gasteiger partial charge in [0, 0.05) is 6.20 Å². The molecule has 0 radical (unpaired) electrons. The molecule has 1 heterocycles. The van der Waals surface area contributed by atoms with Crippen molar-refractivity contribution in [3.05, 3.63) is 24.0 Å². The zero-order valence-corrected chi connectivity index (χ0v) is 9.40. The molecule has 1 aliphatic carbocycles. The number of ether oxygens (including phenoxy) is 1. The highest BCUT2D eigenvalue weighted by atomic mass is 16.5. The molecular formula is C12H17NO2. The highest BCUT2D eigenvalue weighted by Gasteiger charge is 2.51. The van der Waals surface area contributed by atoms with Gasteiger partial charge in [0.05, 0.1) is 7.11 Å². The van der Waals surface area contributed by atoms with Crippen LogP contribution in [0.25, 0.3) is 0 Å². The van der Waals surface area contributed by atoms with Crippen molar-refractivity contribution in [2.24, 2.45) is 11.3 Å². The molecule has 0 aromatic carbocycles. The van der Waals surface area contributed by atoms with Gasteiger partial charge in [-0.15, -0.1) is 0 Å². The highest BCUT2D eigenvalue weighted by Crippen LogP contribution is 2.58. The molecule has 1 aliphatic rings. The predicted molar refractivity (Wildman–Crippen MR) is 57.6 cm³/mol. The average Bonchev–Trinajstić information content (AvgIpc) is 2.86. The van der Waals surface area contributed by atoms with Gasteiger partial charge in [0.2, 0.25) is 0 Å². The molecule has 15 heavy (non-hydrogen) atoms. The van der Waals surface area contributed by atoms with E-state index in [0.717, 1.165) is 6.42 Å². The second-order valence-electron chi connectivity index (χ2n) is 4.83. The van der Waals surface area contributed by atoms with Gasteiger partial charge in [-0.2, -0.15) is 0 Å². The molecular weight excluding hydrogens is 190 g/mol. The van der Waals surface area contributed by atoms with Gasteiger partial charge in [0.25, 0.3) is 0 Å². The highest BCUT2D eigenvalue weighted by molar-refractivity contribution is 5.30. The van der Waals surface area contributed by atoms with Crippen LogP contribution in [-0.2, 0) is 0 Å². The molecule has 1 saturated carbocycles. The summed E-state index contributed by atoms with van der Waals surface area (Å²) < 4.78 is 5.19. The van der Waals surface area contributed by atoms with Crippen molar-refractivity contribution >= 4 is 0 Å². The van der Waals surface area contributed by atoms with Crippen molar-refractivity contribution in [2.75, 3.05) is 7.11 Å². The fourth-order valence-electron chi connectivity index (χ4n) is 2.03. The number of methoxy groups -OCH3 is 1. The molecule has 1 aromatic heterocycles. The third kappa shape index (κ3) is 1.84. The first-order chi connectivity index (χ1) is 7.06. The Morgan fingerprint density at radius 1 is 1.60 bits per heavy atom. The van der Waals surface area contributed by atoms with E-state index in [9.17, 15) is 5.11 Å². The number of hydrogen-bond donors (Lipinski definition) is 1. The first kappa shape index (κ1) is 10.4. The third-order valence-corrected chi connectivity index (χ3v) is 3.27. The van der Waals surface area contributed by atoms with Crippen molar-refractivity contribution in [1.29, 1.82) is 0 Å². The van der Waals surface area contributed by atoms with E-state index in [1.807, 2.05) is 12.1 Å². The van der Waals surface area contributed by atoms with Crippen LogP contribution < -0.4 is 4.74 Å². The van der Waals surface area contributed by atoms with Crippen LogP contribution in [0.15, 0.2) is 18.3 Å². The first-order valence-electron chi connectivity index (χ1n) is 5.23. The summed E-state index contributed by atoms with van der Waals surface area (Å²) in [6.07, 6.45) is 2.24. The van der Waals surface area contributed by atoms with Gasteiger partial charge >= 0.3 is 0 Å². The topological polar surface area (TPSA) is 42.4 Å². The molecule has 0 saturated heterocycles. The van der Waals surface area contributed by atoms with E-state index >= 15 is 0 Å². The molecule has 3 heteroatoms. The lowest BCUT2D eigenvalue weighted by atomic mass is 10.0. The second kappa shape index (κ2) is 3.49. The first-order valence-corrected chi connectivity index (χ1v) is 5.23. The second-order valence-corrected chi connectivity index (χ2v) is 4.83. The summed E-state index contributed by atoms with van der Waals surface area (Å²) >= 11 is 0. The van der Waals surface area contributed by atoms with Gasteiger partial charge in [-0.25, -0.2) is 0 Å². The Hall–Kier alpha value is -1.09. The Balaban J connectivity index is 2.22. The molecule has 0 amide bonds. The summed E-state index contributed by atoms with van der Waals surface area (Å²) in [5, 5.41) is 10.2. The normalized spacial score (nSPS) is 24.7. The zero-order valence-electron chi connectivity index (χ0n) is 9.40.